The number of aromatic amines is 1. The number of anilines is 2. The highest BCUT2D eigenvalue weighted by molar-refractivity contribution is 6.32. The Morgan fingerprint density at radius 1 is 1.20 bits per heavy atom. The molecule has 0 radical (unpaired) electrons. The van der Waals surface area contributed by atoms with Crippen LogP contribution in [0.2, 0.25) is 10.2 Å². The topological polar surface area (TPSA) is 128 Å². The van der Waals surface area contributed by atoms with Crippen LogP contribution in [0, 0.1) is 5.82 Å². The third-order valence-electron chi connectivity index (χ3n) is 6.99. The third kappa shape index (κ3) is 6.15. The second-order valence-electron chi connectivity index (χ2n) is 9.60. The lowest BCUT2D eigenvalue weighted by molar-refractivity contribution is -0.116. The molecule has 0 aliphatic carbocycles. The van der Waals surface area contributed by atoms with Crippen molar-refractivity contribution < 1.29 is 23.5 Å². The Labute approximate surface area is 245 Å². The van der Waals surface area contributed by atoms with Gasteiger partial charge in [-0.3, -0.25) is 10.1 Å². The third-order valence-corrected chi connectivity index (χ3v) is 7.55. The summed E-state index contributed by atoms with van der Waals surface area (Å²) in [6, 6.07) is 8.20. The van der Waals surface area contributed by atoms with Gasteiger partial charge >= 0.3 is 12.1 Å². The fourth-order valence-electron chi connectivity index (χ4n) is 4.96. The molecule has 2 bridgehead atoms. The molecule has 2 aromatic carbocycles. The van der Waals surface area contributed by atoms with Gasteiger partial charge in [0.2, 0.25) is 5.91 Å². The number of methoxy groups -OCH3 is 1. The average molecular weight is 601 g/mol. The van der Waals surface area contributed by atoms with Crippen molar-refractivity contribution in [2.24, 2.45) is 0 Å². The minimum absolute atomic E-state index is 0.00115. The van der Waals surface area contributed by atoms with Gasteiger partial charge in [-0.15, -0.1) is 0 Å². The van der Waals surface area contributed by atoms with E-state index in [-0.39, 0.29) is 28.5 Å². The van der Waals surface area contributed by atoms with E-state index in [9.17, 15) is 18.8 Å². The van der Waals surface area contributed by atoms with Gasteiger partial charge in [-0.25, -0.2) is 19.0 Å². The smallest absolute Gasteiger partial charge is 0.411 e. The molecule has 4 N–H and O–H groups in total. The predicted octanol–water partition coefficient (Wildman–Crippen LogP) is 6.58. The van der Waals surface area contributed by atoms with Gasteiger partial charge in [0.15, 0.2) is 0 Å². The fraction of sp³-hybridized carbons (Fsp3) is 0.286. The standard InChI is InChI=1S/C28H27Cl2FN6O4/c1-41-28(40)32-15-10-11-17-20(14-15)33-22(38)9-4-2-3-8-21(26-35-24(17)25(30)36-26)37-13-12-19(34-27(37)39)16-6-5-7-18(29)23(16)31/h2-3,5-7,10-11,14,19,21H,4,8-9,12-13H2,1H3,(H,32,40)(H,33,38)(H,34,39)(H,35,36)/b3-2+/t19-,21+/m1/s1. The number of aromatic nitrogens is 2. The normalized spacial score (nSPS) is 20.0. The first-order valence-corrected chi connectivity index (χ1v) is 13.7. The second kappa shape index (κ2) is 12.2. The number of imidazole rings is 1. The van der Waals surface area contributed by atoms with Gasteiger partial charge in [-0.05, 0) is 43.5 Å². The van der Waals surface area contributed by atoms with E-state index in [0.717, 1.165) is 0 Å². The number of nitrogens with one attached hydrogen (secondary N) is 4. The van der Waals surface area contributed by atoms with E-state index in [0.29, 0.717) is 59.8 Å². The molecule has 1 fully saturated rings. The highest BCUT2D eigenvalue weighted by Gasteiger charge is 2.34. The van der Waals surface area contributed by atoms with E-state index in [4.69, 9.17) is 28.2 Å². The van der Waals surface area contributed by atoms with Crippen LogP contribution < -0.4 is 16.0 Å². The van der Waals surface area contributed by atoms with Crippen molar-refractivity contribution in [3.05, 3.63) is 75.9 Å². The molecule has 0 saturated carbocycles. The van der Waals surface area contributed by atoms with E-state index in [1.807, 2.05) is 12.2 Å². The second-order valence-corrected chi connectivity index (χ2v) is 10.4. The molecule has 2 aliphatic heterocycles. The largest absolute Gasteiger partial charge is 0.453 e. The Hall–Kier alpha value is -4.09. The highest BCUT2D eigenvalue weighted by atomic mass is 35.5. The van der Waals surface area contributed by atoms with E-state index in [1.54, 1.807) is 35.2 Å². The Kier molecular flexibility index (Phi) is 8.46. The first kappa shape index (κ1) is 28.4. The molecule has 3 heterocycles. The van der Waals surface area contributed by atoms with Crippen LogP contribution in [0.5, 0.6) is 0 Å². The summed E-state index contributed by atoms with van der Waals surface area (Å²) in [5.74, 6) is -0.332. The number of halogens is 3. The summed E-state index contributed by atoms with van der Waals surface area (Å²) in [5, 5.41) is 8.56. The number of nitrogens with zero attached hydrogens (tertiary/aromatic N) is 2. The minimum Gasteiger partial charge on any atom is -0.453 e. The monoisotopic (exact) mass is 600 g/mol. The highest BCUT2D eigenvalue weighted by Crippen LogP contribution is 2.38. The van der Waals surface area contributed by atoms with Gasteiger partial charge < -0.3 is 25.3 Å². The van der Waals surface area contributed by atoms with Crippen LogP contribution in [0.15, 0.2) is 48.6 Å². The lowest BCUT2D eigenvalue weighted by Gasteiger charge is -2.37. The van der Waals surface area contributed by atoms with Crippen molar-refractivity contribution in [3.63, 3.8) is 0 Å². The van der Waals surface area contributed by atoms with Crippen LogP contribution in [0.4, 0.5) is 25.4 Å². The number of ether oxygens (including phenoxy) is 1. The Bertz CT molecular complexity index is 1530. The molecule has 2 aliphatic rings. The number of carbonyl (C=O) groups is 3. The Balaban J connectivity index is 1.47. The van der Waals surface area contributed by atoms with Gasteiger partial charge in [-0.1, -0.05) is 47.5 Å². The van der Waals surface area contributed by atoms with E-state index in [2.05, 4.69) is 25.7 Å². The summed E-state index contributed by atoms with van der Waals surface area (Å²) in [6.45, 7) is 0.327. The summed E-state index contributed by atoms with van der Waals surface area (Å²) in [6.07, 6.45) is 4.65. The summed E-state index contributed by atoms with van der Waals surface area (Å²) in [4.78, 5) is 47.3. The van der Waals surface area contributed by atoms with Crippen molar-refractivity contribution in [2.45, 2.75) is 37.8 Å². The van der Waals surface area contributed by atoms with Crippen molar-refractivity contribution in [1.82, 2.24) is 20.2 Å². The quantitative estimate of drug-likeness (QED) is 0.252. The zero-order valence-electron chi connectivity index (χ0n) is 22.0. The van der Waals surface area contributed by atoms with Crippen LogP contribution in [-0.4, -0.2) is 46.6 Å². The molecule has 4 amide bonds. The molecule has 1 aromatic heterocycles. The molecule has 13 heteroatoms. The SMILES string of the molecule is COC(=O)Nc1ccc2c(c1)NC(=O)CC/C=C/C[C@H](N1CC[C@H](c3cccc(Cl)c3F)NC1=O)c1nc-2c(Cl)[nH]1. The Morgan fingerprint density at radius 3 is 2.80 bits per heavy atom. The maximum Gasteiger partial charge on any atom is 0.411 e. The van der Waals surface area contributed by atoms with Crippen LogP contribution in [0.1, 0.15) is 49.2 Å². The Morgan fingerprint density at radius 2 is 2.02 bits per heavy atom. The number of urea groups is 1. The van der Waals surface area contributed by atoms with Crippen molar-refractivity contribution in [3.8, 4) is 11.3 Å². The van der Waals surface area contributed by atoms with E-state index >= 15 is 0 Å². The summed E-state index contributed by atoms with van der Waals surface area (Å²) >= 11 is 12.6. The van der Waals surface area contributed by atoms with Crippen LogP contribution >= 0.6 is 23.2 Å². The number of hydrogen-bond donors (Lipinski definition) is 4. The fourth-order valence-corrected chi connectivity index (χ4v) is 5.38. The number of carbonyl (C=O) groups excluding carboxylic acids is 3. The van der Waals surface area contributed by atoms with Crippen LogP contribution in [0.3, 0.4) is 0 Å². The average Bonchev–Trinajstić information content (AvgIpc) is 3.33. The van der Waals surface area contributed by atoms with Gasteiger partial charge in [0, 0.05) is 29.8 Å². The molecule has 214 valence electrons. The maximum absolute atomic E-state index is 14.7. The van der Waals surface area contributed by atoms with Gasteiger partial charge in [0.05, 0.1) is 29.9 Å². The molecule has 10 nitrogen and oxygen atoms in total. The van der Waals surface area contributed by atoms with E-state index in [1.165, 1.54) is 13.2 Å². The van der Waals surface area contributed by atoms with Gasteiger partial charge in [0.25, 0.3) is 0 Å². The van der Waals surface area contributed by atoms with Gasteiger partial charge in [-0.2, -0.15) is 0 Å². The molecule has 2 atom stereocenters. The number of H-pyrrole nitrogens is 1. The number of allylic oxidation sites excluding steroid dienone is 1. The molecule has 1 saturated heterocycles. The van der Waals surface area contributed by atoms with Crippen molar-refractivity contribution in [2.75, 3.05) is 24.3 Å². The lowest BCUT2D eigenvalue weighted by Crippen LogP contribution is -2.49. The summed E-state index contributed by atoms with van der Waals surface area (Å²) < 4.78 is 19.3. The molecule has 0 unspecified atom stereocenters. The lowest BCUT2D eigenvalue weighted by atomic mass is 10.00. The zero-order chi connectivity index (χ0) is 29.1. The van der Waals surface area contributed by atoms with Crippen LogP contribution in [0.25, 0.3) is 11.3 Å². The first-order valence-electron chi connectivity index (χ1n) is 13.0. The molecule has 0 spiro atoms. The minimum atomic E-state index is -0.658. The van der Waals surface area contributed by atoms with Crippen molar-refractivity contribution in [1.29, 1.82) is 0 Å². The van der Waals surface area contributed by atoms with Gasteiger partial charge in [0.1, 0.15) is 22.5 Å². The zero-order valence-corrected chi connectivity index (χ0v) is 23.5. The number of fused-ring (bicyclic) bond motifs is 4. The molecular weight excluding hydrogens is 574 g/mol. The number of amides is 4. The number of hydrogen-bond acceptors (Lipinski definition) is 5. The number of rotatable bonds is 3. The van der Waals surface area contributed by atoms with Crippen LogP contribution in [-0.2, 0) is 9.53 Å². The predicted molar refractivity (Wildman–Crippen MR) is 153 cm³/mol. The van der Waals surface area contributed by atoms with Crippen molar-refractivity contribution >= 4 is 52.6 Å². The summed E-state index contributed by atoms with van der Waals surface area (Å²) in [5.41, 5.74) is 2.02. The molecular formula is C28H27Cl2FN6O4. The molecule has 3 aromatic rings. The maximum atomic E-state index is 14.7. The first-order chi connectivity index (χ1) is 19.7. The molecule has 5 rings (SSSR count). The summed E-state index contributed by atoms with van der Waals surface area (Å²) in [7, 11) is 1.25. The molecule has 41 heavy (non-hydrogen) atoms. The number of benzene rings is 2. The van der Waals surface area contributed by atoms with E-state index < -0.39 is 24.0 Å².